The molecule has 0 saturated heterocycles. The molecule has 0 aliphatic carbocycles. The summed E-state index contributed by atoms with van der Waals surface area (Å²) in [5, 5.41) is 26.4. The Bertz CT molecular complexity index is 425. The number of aliphatic carboxylic acids is 1. The molecule has 0 aliphatic rings. The van der Waals surface area contributed by atoms with Crippen LogP contribution in [0.4, 0.5) is 0 Å². The van der Waals surface area contributed by atoms with Gasteiger partial charge >= 0.3 is 5.97 Å². The number of nitrogens with two attached hydrogens (primary N) is 1. The molecular formula is C13H19NO6. The number of carboxylic acids is 1. The van der Waals surface area contributed by atoms with E-state index >= 15 is 0 Å². The van der Waals surface area contributed by atoms with Gasteiger partial charge in [-0.1, -0.05) is 12.1 Å². The number of hydrogen-bond donors (Lipinski definition) is 4. The molecule has 0 spiro atoms. The zero-order chi connectivity index (χ0) is 15.0. The Morgan fingerprint density at radius 1 is 1.35 bits per heavy atom. The summed E-state index contributed by atoms with van der Waals surface area (Å²) in [6.45, 7) is -0.245. The summed E-state index contributed by atoms with van der Waals surface area (Å²) < 4.78 is 10.5. The molecule has 112 valence electrons. The fraction of sp³-hybridized carbons (Fsp3) is 0.462. The molecule has 20 heavy (non-hydrogen) atoms. The van der Waals surface area contributed by atoms with Gasteiger partial charge < -0.3 is 30.5 Å². The van der Waals surface area contributed by atoms with Crippen molar-refractivity contribution in [1.29, 1.82) is 0 Å². The fourth-order valence-electron chi connectivity index (χ4n) is 1.35. The van der Waals surface area contributed by atoms with Crippen LogP contribution >= 0.6 is 0 Å². The highest BCUT2D eigenvalue weighted by Gasteiger charge is 2.11. The van der Waals surface area contributed by atoms with Gasteiger partial charge in [0, 0.05) is 0 Å². The van der Waals surface area contributed by atoms with Crippen molar-refractivity contribution in [3.05, 3.63) is 29.8 Å². The average Bonchev–Trinajstić information content (AvgIpc) is 2.45. The van der Waals surface area contributed by atoms with E-state index in [1.165, 1.54) is 0 Å². The molecule has 0 fully saturated rings. The van der Waals surface area contributed by atoms with Crippen molar-refractivity contribution in [3.8, 4) is 5.75 Å². The predicted molar refractivity (Wildman–Crippen MR) is 70.3 cm³/mol. The van der Waals surface area contributed by atoms with Gasteiger partial charge in [-0.15, -0.1) is 0 Å². The lowest BCUT2D eigenvalue weighted by Crippen LogP contribution is -2.34. The second kappa shape index (κ2) is 8.49. The Morgan fingerprint density at radius 2 is 2.10 bits per heavy atom. The van der Waals surface area contributed by atoms with Crippen molar-refractivity contribution in [3.63, 3.8) is 0 Å². The first-order valence-corrected chi connectivity index (χ1v) is 6.09. The quantitative estimate of drug-likeness (QED) is 0.475. The summed E-state index contributed by atoms with van der Waals surface area (Å²) in [5.74, 6) is -0.582. The number of rotatable bonds is 9. The van der Waals surface area contributed by atoms with Gasteiger partial charge in [-0.05, 0) is 17.7 Å². The van der Waals surface area contributed by atoms with Crippen LogP contribution in [-0.2, 0) is 16.1 Å². The summed E-state index contributed by atoms with van der Waals surface area (Å²) in [4.78, 5) is 10.5. The van der Waals surface area contributed by atoms with Gasteiger partial charge in [0.25, 0.3) is 0 Å². The maximum absolute atomic E-state index is 10.5. The van der Waals surface area contributed by atoms with Crippen molar-refractivity contribution in [1.82, 2.24) is 0 Å². The lowest BCUT2D eigenvalue weighted by molar-refractivity contribution is -0.140. The van der Waals surface area contributed by atoms with E-state index < -0.39 is 18.1 Å². The maximum atomic E-state index is 10.5. The molecule has 0 aromatic heterocycles. The Labute approximate surface area is 116 Å². The summed E-state index contributed by atoms with van der Waals surface area (Å²) >= 11 is 0. The monoisotopic (exact) mass is 285 g/mol. The van der Waals surface area contributed by atoms with E-state index in [1.807, 2.05) is 0 Å². The van der Waals surface area contributed by atoms with Crippen LogP contribution in [0.15, 0.2) is 24.3 Å². The van der Waals surface area contributed by atoms with Gasteiger partial charge in [-0.2, -0.15) is 0 Å². The highest BCUT2D eigenvalue weighted by Crippen LogP contribution is 2.14. The van der Waals surface area contributed by atoms with E-state index in [4.69, 9.17) is 25.4 Å². The molecule has 7 heteroatoms. The molecule has 1 aromatic rings. The number of hydrogen-bond acceptors (Lipinski definition) is 6. The third-order valence-corrected chi connectivity index (χ3v) is 2.43. The van der Waals surface area contributed by atoms with Crippen molar-refractivity contribution < 1.29 is 29.6 Å². The lowest BCUT2D eigenvalue weighted by atomic mass is 10.2. The SMILES string of the molecule is NC(COCc1cccc(OCC(O)CO)c1)C(=O)O. The summed E-state index contributed by atoms with van der Waals surface area (Å²) in [6, 6.07) is 5.90. The fourth-order valence-corrected chi connectivity index (χ4v) is 1.35. The van der Waals surface area contributed by atoms with Gasteiger partial charge in [0.1, 0.15) is 24.5 Å². The molecule has 1 rings (SSSR count). The van der Waals surface area contributed by atoms with Crippen molar-refractivity contribution >= 4 is 5.97 Å². The molecule has 0 saturated carbocycles. The van der Waals surface area contributed by atoms with Crippen LogP contribution in [0.5, 0.6) is 5.75 Å². The van der Waals surface area contributed by atoms with Crippen LogP contribution in [0.3, 0.4) is 0 Å². The molecule has 7 nitrogen and oxygen atoms in total. The number of ether oxygens (including phenoxy) is 2. The van der Waals surface area contributed by atoms with Crippen molar-refractivity contribution in [2.45, 2.75) is 18.8 Å². The number of aliphatic hydroxyl groups is 2. The maximum Gasteiger partial charge on any atom is 0.322 e. The first-order chi connectivity index (χ1) is 9.52. The van der Waals surface area contributed by atoms with Crippen LogP contribution < -0.4 is 10.5 Å². The normalized spacial score (nSPS) is 13.8. The molecule has 0 radical (unpaired) electrons. The van der Waals surface area contributed by atoms with Gasteiger partial charge in [0.2, 0.25) is 0 Å². The van der Waals surface area contributed by atoms with Crippen LogP contribution in [0.25, 0.3) is 0 Å². The predicted octanol–water partition coefficient (Wildman–Crippen LogP) is -0.653. The van der Waals surface area contributed by atoms with Crippen LogP contribution in [-0.4, -0.2) is 53.3 Å². The topological polar surface area (TPSA) is 122 Å². The van der Waals surface area contributed by atoms with E-state index in [0.29, 0.717) is 5.75 Å². The zero-order valence-corrected chi connectivity index (χ0v) is 10.9. The van der Waals surface area contributed by atoms with Crippen molar-refractivity contribution in [2.75, 3.05) is 19.8 Å². The largest absolute Gasteiger partial charge is 0.491 e. The van der Waals surface area contributed by atoms with E-state index in [9.17, 15) is 9.90 Å². The van der Waals surface area contributed by atoms with E-state index in [1.54, 1.807) is 24.3 Å². The highest BCUT2D eigenvalue weighted by molar-refractivity contribution is 5.73. The van der Waals surface area contributed by atoms with Crippen LogP contribution in [0.2, 0.25) is 0 Å². The molecule has 0 heterocycles. The molecule has 0 aliphatic heterocycles. The molecule has 2 unspecified atom stereocenters. The standard InChI is InChI=1S/C13H19NO6/c14-12(13(17)18)8-19-6-9-2-1-3-11(4-9)20-7-10(16)5-15/h1-4,10,12,15-16H,5-8,14H2,(H,17,18). The molecule has 5 N–H and O–H groups in total. The Balaban J connectivity index is 2.41. The molecule has 0 amide bonds. The second-order valence-corrected chi connectivity index (χ2v) is 4.25. The minimum Gasteiger partial charge on any atom is -0.491 e. The van der Waals surface area contributed by atoms with Crippen LogP contribution in [0, 0.1) is 0 Å². The molecule has 1 aromatic carbocycles. The zero-order valence-electron chi connectivity index (χ0n) is 10.9. The van der Waals surface area contributed by atoms with Crippen LogP contribution in [0.1, 0.15) is 5.56 Å². The Kier molecular flexibility index (Phi) is 6.96. The van der Waals surface area contributed by atoms with Gasteiger partial charge in [0.15, 0.2) is 0 Å². The van der Waals surface area contributed by atoms with Gasteiger partial charge in [-0.25, -0.2) is 0 Å². The number of carboxylic acid groups (broad SMARTS) is 1. The molecule has 0 bridgehead atoms. The Morgan fingerprint density at radius 3 is 2.75 bits per heavy atom. The number of carbonyl (C=O) groups is 1. The first kappa shape index (κ1) is 16.4. The minimum atomic E-state index is -1.11. The number of aliphatic hydroxyl groups excluding tert-OH is 2. The minimum absolute atomic E-state index is 0.00923. The molecule has 2 atom stereocenters. The van der Waals surface area contributed by atoms with Gasteiger partial charge in [-0.3, -0.25) is 4.79 Å². The lowest BCUT2D eigenvalue weighted by Gasteiger charge is -2.11. The van der Waals surface area contributed by atoms with E-state index in [0.717, 1.165) is 5.56 Å². The summed E-state index contributed by atoms with van der Waals surface area (Å²) in [6.07, 6.45) is -0.927. The second-order valence-electron chi connectivity index (χ2n) is 4.25. The summed E-state index contributed by atoms with van der Waals surface area (Å²) in [5.41, 5.74) is 6.10. The third kappa shape index (κ3) is 5.98. The third-order valence-electron chi connectivity index (χ3n) is 2.43. The van der Waals surface area contributed by atoms with E-state index in [2.05, 4.69) is 0 Å². The molecular weight excluding hydrogens is 266 g/mol. The highest BCUT2D eigenvalue weighted by atomic mass is 16.5. The number of benzene rings is 1. The Hall–Kier alpha value is -1.67. The summed E-state index contributed by atoms with van der Waals surface area (Å²) in [7, 11) is 0. The van der Waals surface area contributed by atoms with Gasteiger partial charge in [0.05, 0.1) is 19.8 Å². The first-order valence-electron chi connectivity index (χ1n) is 6.09. The van der Waals surface area contributed by atoms with E-state index in [-0.39, 0.29) is 26.4 Å². The van der Waals surface area contributed by atoms with Crippen molar-refractivity contribution in [2.24, 2.45) is 5.73 Å². The average molecular weight is 285 g/mol. The smallest absolute Gasteiger partial charge is 0.322 e.